The Labute approximate surface area is 514 Å². The monoisotopic (exact) mass is 1120 g/mol. The summed E-state index contributed by atoms with van der Waals surface area (Å²) in [6, 6.07) is 132. The van der Waals surface area contributed by atoms with Crippen molar-refractivity contribution in [1.29, 1.82) is 0 Å². The molecule has 0 aliphatic carbocycles. The molecule has 0 aromatic heterocycles. The lowest BCUT2D eigenvalue weighted by Gasteiger charge is -2.28. The van der Waals surface area contributed by atoms with Crippen molar-refractivity contribution in [2.75, 3.05) is 19.6 Å². The third kappa shape index (κ3) is 10.1. The number of anilines is 12. The maximum Gasteiger partial charge on any atom is 0.0468 e. The van der Waals surface area contributed by atoms with Gasteiger partial charge in [0, 0.05) is 68.2 Å². The molecule has 0 spiro atoms. The number of nitrogens with zero attached hydrogens (tertiary/aromatic N) is 4. The normalized spacial score (nSPS) is 11.2. The van der Waals surface area contributed by atoms with Crippen LogP contribution in [0.2, 0.25) is 0 Å². The molecule has 0 saturated heterocycles. The van der Waals surface area contributed by atoms with Crippen LogP contribution in [-0.2, 0) is 0 Å². The zero-order chi connectivity index (χ0) is 58.6. The van der Waals surface area contributed by atoms with Crippen LogP contribution >= 0.6 is 0 Å². The predicted octanol–water partition coefficient (Wildman–Crippen LogP) is 24.0. The zero-order valence-corrected chi connectivity index (χ0v) is 48.4. The topological polar surface area (TPSA) is 13.0 Å². The summed E-state index contributed by atoms with van der Waals surface area (Å²) < 4.78 is 0. The SMILES string of the molecule is c1ccc(-c2cc(-c3ccc(N(c4ccccc4)c4ccccc4)cc3)c3c4ccc(N(c5ccccc5)c5ccccc5)cc4c4cc(N(c5ccccc5)c5ccccc5)ccc4c3c2-c2ccc(N(c3ccccc3)c3ccccc3)cc2)cc1. The van der Waals surface area contributed by atoms with Crippen LogP contribution in [0.1, 0.15) is 0 Å². The number of para-hydroxylation sites is 8. The molecular formula is C84H60N4. The Balaban J connectivity index is 1.05. The molecule has 0 radical (unpaired) electrons. The number of hydrogen-bond donors (Lipinski definition) is 0. The van der Waals surface area contributed by atoms with Gasteiger partial charge in [0.1, 0.15) is 0 Å². The van der Waals surface area contributed by atoms with Gasteiger partial charge in [-0.25, -0.2) is 0 Å². The summed E-state index contributed by atoms with van der Waals surface area (Å²) >= 11 is 0. The van der Waals surface area contributed by atoms with Crippen molar-refractivity contribution in [3.63, 3.8) is 0 Å². The summed E-state index contributed by atoms with van der Waals surface area (Å²) in [6.45, 7) is 0. The van der Waals surface area contributed by atoms with Crippen molar-refractivity contribution in [2.24, 2.45) is 0 Å². The Hall–Kier alpha value is -11.7. The number of benzene rings is 15. The molecular weight excluding hydrogens is 1060 g/mol. The molecule has 15 rings (SSSR count). The molecule has 0 aliphatic rings. The van der Waals surface area contributed by atoms with E-state index in [1.807, 2.05) is 0 Å². The Morgan fingerprint density at radius 1 is 0.148 bits per heavy atom. The zero-order valence-electron chi connectivity index (χ0n) is 48.4. The van der Waals surface area contributed by atoms with Gasteiger partial charge in [-0.3, -0.25) is 0 Å². The van der Waals surface area contributed by atoms with Crippen LogP contribution in [0.25, 0.3) is 65.7 Å². The highest BCUT2D eigenvalue weighted by Crippen LogP contribution is 2.52. The van der Waals surface area contributed by atoms with E-state index in [0.29, 0.717) is 0 Å². The second-order valence-electron chi connectivity index (χ2n) is 22.0. The number of hydrogen-bond acceptors (Lipinski definition) is 4. The molecule has 4 nitrogen and oxygen atoms in total. The minimum Gasteiger partial charge on any atom is -0.311 e. The molecule has 15 aromatic carbocycles. The third-order valence-electron chi connectivity index (χ3n) is 16.7. The molecule has 0 saturated carbocycles. The molecule has 0 aliphatic heterocycles. The lowest BCUT2D eigenvalue weighted by atomic mass is 9.81. The molecule has 4 heteroatoms. The van der Waals surface area contributed by atoms with Gasteiger partial charge in [-0.2, -0.15) is 0 Å². The van der Waals surface area contributed by atoms with Crippen LogP contribution < -0.4 is 19.6 Å². The minimum atomic E-state index is 1.06. The van der Waals surface area contributed by atoms with Gasteiger partial charge in [0.25, 0.3) is 0 Å². The van der Waals surface area contributed by atoms with Gasteiger partial charge < -0.3 is 19.6 Å². The summed E-state index contributed by atoms with van der Waals surface area (Å²) in [5.41, 5.74) is 19.8. The molecule has 0 bridgehead atoms. The average Bonchev–Trinajstić information content (AvgIpc) is 0.747. The quantitative estimate of drug-likeness (QED) is 0.0949. The highest BCUT2D eigenvalue weighted by molar-refractivity contribution is 6.33. The van der Waals surface area contributed by atoms with E-state index < -0.39 is 0 Å². The van der Waals surface area contributed by atoms with Crippen molar-refractivity contribution < 1.29 is 0 Å². The van der Waals surface area contributed by atoms with Gasteiger partial charge in [0.05, 0.1) is 0 Å². The first-order valence-electron chi connectivity index (χ1n) is 30.1. The van der Waals surface area contributed by atoms with Crippen LogP contribution in [0.15, 0.2) is 364 Å². The van der Waals surface area contributed by atoms with Crippen LogP contribution in [0.3, 0.4) is 0 Å². The van der Waals surface area contributed by atoms with Crippen LogP contribution in [0.4, 0.5) is 68.2 Å². The molecule has 0 amide bonds. The molecule has 416 valence electrons. The highest BCUT2D eigenvalue weighted by Gasteiger charge is 2.26. The van der Waals surface area contributed by atoms with Gasteiger partial charge in [-0.1, -0.05) is 212 Å². The minimum absolute atomic E-state index is 1.06. The summed E-state index contributed by atoms with van der Waals surface area (Å²) in [6.07, 6.45) is 0. The summed E-state index contributed by atoms with van der Waals surface area (Å²) in [5, 5.41) is 6.96. The van der Waals surface area contributed by atoms with E-state index in [-0.39, 0.29) is 0 Å². The molecule has 0 fully saturated rings. The first-order chi connectivity index (χ1) is 43.7. The van der Waals surface area contributed by atoms with E-state index in [4.69, 9.17) is 0 Å². The third-order valence-corrected chi connectivity index (χ3v) is 16.7. The second-order valence-corrected chi connectivity index (χ2v) is 22.0. The Morgan fingerprint density at radius 2 is 0.386 bits per heavy atom. The lowest BCUT2D eigenvalue weighted by Crippen LogP contribution is -2.10. The van der Waals surface area contributed by atoms with E-state index in [9.17, 15) is 0 Å². The van der Waals surface area contributed by atoms with E-state index in [0.717, 1.165) is 118 Å². The van der Waals surface area contributed by atoms with Gasteiger partial charge in [0.2, 0.25) is 0 Å². The molecule has 0 N–H and O–H groups in total. The average molecular weight is 1130 g/mol. The standard InChI is InChI=1S/C84H60N4/c1-10-28-61(29-11-1)78-60-79(62-46-50-72(51-47-62)85(64-30-12-2-13-31-64)65-32-14-3-15-33-65)83-76-56-54-74(87(68-38-20-6-21-39-68)69-40-22-7-23-41-69)58-80(76)81-59-75(88(70-42-24-8-25-43-70)71-44-26-9-27-45-71)55-57-77(81)84(83)82(78)63-48-52-73(53-49-63)86(66-34-16-4-17-35-66)67-36-18-5-19-37-67/h1-60H. The van der Waals surface area contributed by atoms with Gasteiger partial charge in [-0.05, 0) is 217 Å². The number of fused-ring (bicyclic) bond motifs is 6. The maximum absolute atomic E-state index is 2.47. The molecule has 15 aromatic rings. The molecule has 0 atom stereocenters. The van der Waals surface area contributed by atoms with Crippen molar-refractivity contribution in [3.05, 3.63) is 364 Å². The van der Waals surface area contributed by atoms with Crippen LogP contribution in [0.5, 0.6) is 0 Å². The van der Waals surface area contributed by atoms with E-state index in [1.165, 1.54) is 16.3 Å². The summed E-state index contributed by atoms with van der Waals surface area (Å²) in [7, 11) is 0. The predicted molar refractivity (Wildman–Crippen MR) is 374 cm³/mol. The Morgan fingerprint density at radius 3 is 0.705 bits per heavy atom. The fourth-order valence-corrected chi connectivity index (χ4v) is 12.8. The molecule has 0 heterocycles. The van der Waals surface area contributed by atoms with E-state index >= 15 is 0 Å². The fraction of sp³-hybridized carbons (Fsp3) is 0. The Kier molecular flexibility index (Phi) is 14.3. The van der Waals surface area contributed by atoms with Gasteiger partial charge in [-0.15, -0.1) is 0 Å². The van der Waals surface area contributed by atoms with Crippen molar-refractivity contribution in [1.82, 2.24) is 0 Å². The van der Waals surface area contributed by atoms with Crippen molar-refractivity contribution >= 4 is 101 Å². The summed E-state index contributed by atoms with van der Waals surface area (Å²) in [5.74, 6) is 0. The van der Waals surface area contributed by atoms with Crippen LogP contribution in [-0.4, -0.2) is 0 Å². The van der Waals surface area contributed by atoms with Gasteiger partial charge >= 0.3 is 0 Å². The second kappa shape index (κ2) is 23.7. The van der Waals surface area contributed by atoms with Gasteiger partial charge in [0.15, 0.2) is 0 Å². The maximum atomic E-state index is 2.47. The van der Waals surface area contributed by atoms with E-state index in [1.54, 1.807) is 0 Å². The molecule has 0 unspecified atom stereocenters. The first kappa shape index (κ1) is 53.0. The van der Waals surface area contributed by atoms with Crippen LogP contribution in [0, 0.1) is 0 Å². The largest absolute Gasteiger partial charge is 0.311 e. The van der Waals surface area contributed by atoms with Crippen molar-refractivity contribution in [2.45, 2.75) is 0 Å². The molecule has 88 heavy (non-hydrogen) atoms. The van der Waals surface area contributed by atoms with Crippen molar-refractivity contribution in [3.8, 4) is 33.4 Å². The smallest absolute Gasteiger partial charge is 0.0468 e. The first-order valence-corrected chi connectivity index (χ1v) is 30.1. The summed E-state index contributed by atoms with van der Waals surface area (Å²) in [4.78, 5) is 9.43. The fourth-order valence-electron chi connectivity index (χ4n) is 12.8. The lowest BCUT2D eigenvalue weighted by molar-refractivity contribution is 1.28. The number of rotatable bonds is 15. The Bertz CT molecular complexity index is 4690. The van der Waals surface area contributed by atoms with E-state index in [2.05, 4.69) is 384 Å². The highest BCUT2D eigenvalue weighted by atomic mass is 15.2.